The highest BCUT2D eigenvalue weighted by Gasteiger charge is 2.30. The van der Waals surface area contributed by atoms with Crippen molar-refractivity contribution in [3.63, 3.8) is 0 Å². The Morgan fingerprint density at radius 3 is 2.78 bits per heavy atom. The van der Waals surface area contributed by atoms with Crippen LogP contribution in [-0.4, -0.2) is 15.1 Å². The summed E-state index contributed by atoms with van der Waals surface area (Å²) in [6.45, 7) is 1.90. The lowest BCUT2D eigenvalue weighted by Crippen LogP contribution is -2.04. The number of hydrogen-bond acceptors (Lipinski definition) is 6. The molecule has 0 aliphatic heterocycles. The van der Waals surface area contributed by atoms with Crippen molar-refractivity contribution in [1.82, 2.24) is 15.1 Å². The SMILES string of the molecule is Cc1csc(SCc2nc(-c3cccc(C(F)(F)F)c3)no2)n1. The lowest BCUT2D eigenvalue weighted by atomic mass is 10.1. The van der Waals surface area contributed by atoms with Gasteiger partial charge in [-0.15, -0.1) is 11.3 Å². The van der Waals surface area contributed by atoms with Gasteiger partial charge in [-0.1, -0.05) is 29.1 Å². The average Bonchev–Trinajstić information content (AvgIpc) is 3.13. The van der Waals surface area contributed by atoms with E-state index in [2.05, 4.69) is 15.1 Å². The molecule has 0 bridgehead atoms. The molecule has 1 aromatic carbocycles. The van der Waals surface area contributed by atoms with Gasteiger partial charge in [0.2, 0.25) is 11.7 Å². The minimum atomic E-state index is -4.40. The molecule has 0 unspecified atom stereocenters. The van der Waals surface area contributed by atoms with Gasteiger partial charge in [0.15, 0.2) is 4.34 Å². The second-order valence-corrected chi connectivity index (χ2v) is 6.71. The summed E-state index contributed by atoms with van der Waals surface area (Å²) in [5.74, 6) is 0.899. The average molecular weight is 357 g/mol. The summed E-state index contributed by atoms with van der Waals surface area (Å²) < 4.78 is 44.1. The number of thioether (sulfide) groups is 1. The lowest BCUT2D eigenvalue weighted by molar-refractivity contribution is -0.137. The van der Waals surface area contributed by atoms with Gasteiger partial charge in [0.05, 0.1) is 11.3 Å². The van der Waals surface area contributed by atoms with Gasteiger partial charge < -0.3 is 4.52 Å². The van der Waals surface area contributed by atoms with Crippen LogP contribution in [0.5, 0.6) is 0 Å². The van der Waals surface area contributed by atoms with Crippen molar-refractivity contribution < 1.29 is 17.7 Å². The molecule has 0 N–H and O–H groups in total. The Morgan fingerprint density at radius 1 is 1.26 bits per heavy atom. The molecule has 0 aliphatic rings. The summed E-state index contributed by atoms with van der Waals surface area (Å²) in [5, 5.41) is 5.68. The lowest BCUT2D eigenvalue weighted by Gasteiger charge is -2.06. The van der Waals surface area contributed by atoms with Gasteiger partial charge in [-0.05, 0) is 19.1 Å². The van der Waals surface area contributed by atoms with Crippen LogP contribution in [-0.2, 0) is 11.9 Å². The molecular weight excluding hydrogens is 347 g/mol. The van der Waals surface area contributed by atoms with E-state index < -0.39 is 11.7 Å². The van der Waals surface area contributed by atoms with Crippen LogP contribution in [0.15, 0.2) is 38.5 Å². The molecule has 0 saturated heterocycles. The molecule has 0 spiro atoms. The summed E-state index contributed by atoms with van der Waals surface area (Å²) in [6, 6.07) is 4.85. The van der Waals surface area contributed by atoms with Gasteiger partial charge in [-0.25, -0.2) is 4.98 Å². The van der Waals surface area contributed by atoms with Gasteiger partial charge in [-0.3, -0.25) is 0 Å². The summed E-state index contributed by atoms with van der Waals surface area (Å²) in [4.78, 5) is 8.43. The van der Waals surface area contributed by atoms with E-state index in [9.17, 15) is 13.2 Å². The summed E-state index contributed by atoms with van der Waals surface area (Å²) in [5.41, 5.74) is 0.464. The Morgan fingerprint density at radius 2 is 2.09 bits per heavy atom. The standard InChI is InChI=1S/C14H10F3N3OS2/c1-8-6-22-13(18-8)23-7-11-19-12(20-21-11)9-3-2-4-10(5-9)14(15,16)17/h2-6H,7H2,1H3. The van der Waals surface area contributed by atoms with Gasteiger partial charge in [0, 0.05) is 16.6 Å². The number of benzene rings is 1. The minimum Gasteiger partial charge on any atom is -0.338 e. The van der Waals surface area contributed by atoms with Crippen molar-refractivity contribution >= 4 is 23.1 Å². The van der Waals surface area contributed by atoms with E-state index in [0.717, 1.165) is 22.2 Å². The number of aryl methyl sites for hydroxylation is 1. The molecular formula is C14H10F3N3OS2. The van der Waals surface area contributed by atoms with E-state index in [4.69, 9.17) is 4.52 Å². The molecule has 0 radical (unpaired) electrons. The second kappa shape index (κ2) is 6.32. The van der Waals surface area contributed by atoms with E-state index in [1.165, 1.54) is 35.2 Å². The molecule has 4 nitrogen and oxygen atoms in total. The Balaban J connectivity index is 1.74. The van der Waals surface area contributed by atoms with Crippen molar-refractivity contribution in [2.45, 2.75) is 23.2 Å². The maximum absolute atomic E-state index is 12.7. The molecule has 3 rings (SSSR count). The molecule has 0 atom stereocenters. The van der Waals surface area contributed by atoms with Gasteiger partial charge >= 0.3 is 6.18 Å². The molecule has 0 saturated carbocycles. The molecule has 0 fully saturated rings. The molecule has 0 aliphatic carbocycles. The summed E-state index contributed by atoms with van der Waals surface area (Å²) in [7, 11) is 0. The number of alkyl halides is 3. The van der Waals surface area contributed by atoms with Crippen LogP contribution in [0, 0.1) is 6.92 Å². The Bertz CT molecular complexity index is 813. The zero-order chi connectivity index (χ0) is 16.4. The van der Waals surface area contributed by atoms with Crippen LogP contribution in [0.25, 0.3) is 11.4 Å². The van der Waals surface area contributed by atoms with E-state index in [-0.39, 0.29) is 11.4 Å². The van der Waals surface area contributed by atoms with E-state index >= 15 is 0 Å². The summed E-state index contributed by atoms with van der Waals surface area (Å²) >= 11 is 2.96. The molecule has 23 heavy (non-hydrogen) atoms. The zero-order valence-electron chi connectivity index (χ0n) is 11.8. The Labute approximate surface area is 137 Å². The first-order chi connectivity index (χ1) is 10.9. The van der Waals surface area contributed by atoms with Crippen molar-refractivity contribution in [2.24, 2.45) is 0 Å². The third-order valence-corrected chi connectivity index (χ3v) is 4.96. The van der Waals surface area contributed by atoms with E-state index in [1.54, 1.807) is 0 Å². The van der Waals surface area contributed by atoms with Crippen LogP contribution >= 0.6 is 23.1 Å². The first-order valence-electron chi connectivity index (χ1n) is 6.47. The first-order valence-corrected chi connectivity index (χ1v) is 8.33. The fourth-order valence-electron chi connectivity index (χ4n) is 1.79. The number of rotatable bonds is 4. The quantitative estimate of drug-likeness (QED) is 0.627. The highest BCUT2D eigenvalue weighted by molar-refractivity contribution is 8.00. The van der Waals surface area contributed by atoms with Gasteiger partial charge in [-0.2, -0.15) is 18.2 Å². The number of nitrogens with zero attached hydrogens (tertiary/aromatic N) is 3. The van der Waals surface area contributed by atoms with E-state index in [0.29, 0.717) is 11.6 Å². The smallest absolute Gasteiger partial charge is 0.338 e. The fourth-order valence-corrected chi connectivity index (χ4v) is 3.47. The van der Waals surface area contributed by atoms with Crippen molar-refractivity contribution in [3.05, 3.63) is 46.8 Å². The number of hydrogen-bond donors (Lipinski definition) is 0. The topological polar surface area (TPSA) is 51.8 Å². The zero-order valence-corrected chi connectivity index (χ0v) is 13.4. The molecule has 2 heterocycles. The maximum Gasteiger partial charge on any atom is 0.416 e. The number of aromatic nitrogens is 3. The largest absolute Gasteiger partial charge is 0.416 e. The minimum absolute atomic E-state index is 0.141. The molecule has 120 valence electrons. The van der Waals surface area contributed by atoms with Crippen LogP contribution in [0.4, 0.5) is 13.2 Å². The highest BCUT2D eigenvalue weighted by Crippen LogP contribution is 2.32. The first kappa shape index (κ1) is 16.0. The normalized spacial score (nSPS) is 11.8. The van der Waals surface area contributed by atoms with Crippen LogP contribution < -0.4 is 0 Å². The van der Waals surface area contributed by atoms with Crippen molar-refractivity contribution in [1.29, 1.82) is 0 Å². The van der Waals surface area contributed by atoms with Crippen LogP contribution in [0.2, 0.25) is 0 Å². The molecule has 2 aromatic heterocycles. The fraction of sp³-hybridized carbons (Fsp3) is 0.214. The third-order valence-electron chi connectivity index (χ3n) is 2.83. The molecule has 9 heteroatoms. The van der Waals surface area contributed by atoms with Crippen LogP contribution in [0.1, 0.15) is 17.1 Å². The van der Waals surface area contributed by atoms with Crippen molar-refractivity contribution in [3.8, 4) is 11.4 Å². The number of halogens is 3. The van der Waals surface area contributed by atoms with Crippen LogP contribution in [0.3, 0.4) is 0 Å². The second-order valence-electron chi connectivity index (χ2n) is 4.63. The van der Waals surface area contributed by atoms with Gasteiger partial charge in [0.1, 0.15) is 0 Å². The molecule has 3 aromatic rings. The van der Waals surface area contributed by atoms with E-state index in [1.807, 2.05) is 12.3 Å². The number of thiazole rings is 1. The molecule has 0 amide bonds. The maximum atomic E-state index is 12.7. The van der Waals surface area contributed by atoms with Crippen molar-refractivity contribution in [2.75, 3.05) is 0 Å². The summed E-state index contributed by atoms with van der Waals surface area (Å²) in [6.07, 6.45) is -4.40. The third kappa shape index (κ3) is 3.91. The Kier molecular flexibility index (Phi) is 4.40. The highest BCUT2D eigenvalue weighted by atomic mass is 32.2. The van der Waals surface area contributed by atoms with Gasteiger partial charge in [0.25, 0.3) is 0 Å². The predicted molar refractivity (Wildman–Crippen MR) is 81.1 cm³/mol. The monoisotopic (exact) mass is 357 g/mol. The predicted octanol–water partition coefficient (Wildman–Crippen LogP) is 4.81. The Hall–Kier alpha value is -1.87.